The maximum absolute atomic E-state index is 11.0. The summed E-state index contributed by atoms with van der Waals surface area (Å²) in [6.07, 6.45) is 0. The molecule has 0 heterocycles. The molecule has 0 fully saturated rings. The minimum atomic E-state index is -4.79. The molecule has 11 heteroatoms. The first-order valence-electron chi connectivity index (χ1n) is 2.66. The Morgan fingerprint density at radius 1 is 1.46 bits per heavy atom. The third-order valence-corrected chi connectivity index (χ3v) is 6.39. The molecule has 0 amide bonds. The van der Waals surface area contributed by atoms with E-state index in [-0.39, 0.29) is 2.85 Å². The summed E-state index contributed by atoms with van der Waals surface area (Å²) >= 11 is 7.29. The lowest BCUT2D eigenvalue weighted by atomic mass is 10.8. The molecule has 0 saturated heterocycles. The van der Waals surface area contributed by atoms with Gasteiger partial charge in [-0.2, -0.15) is 8.42 Å². The summed E-state index contributed by atoms with van der Waals surface area (Å²) in [6.45, 7) is -0.796. The number of halogens is 2. The average molecular weight is 318 g/mol. The van der Waals surface area contributed by atoms with Gasteiger partial charge in [-0.1, -0.05) is 0 Å². The summed E-state index contributed by atoms with van der Waals surface area (Å²) in [5.41, 5.74) is 4.86. The van der Waals surface area contributed by atoms with Gasteiger partial charge in [-0.25, -0.2) is 8.42 Å². The third-order valence-electron chi connectivity index (χ3n) is 1.05. The first kappa shape index (κ1) is 13.5. The fourth-order valence-corrected chi connectivity index (χ4v) is 4.01. The van der Waals surface area contributed by atoms with Crippen molar-refractivity contribution in [1.82, 2.24) is 2.85 Å². The highest BCUT2D eigenvalue weighted by atomic mass is 79.9. The van der Waals surface area contributed by atoms with Crippen molar-refractivity contribution in [3.8, 4) is 0 Å². The normalized spacial score (nSPS) is 16.1. The average Bonchev–Trinajstić information content (AvgIpc) is 1.83. The van der Waals surface area contributed by atoms with E-state index < -0.39 is 31.3 Å². The minimum Gasteiger partial charge on any atom is -0.328 e. The summed E-state index contributed by atoms with van der Waals surface area (Å²) < 4.78 is 49.4. The molecule has 13 heavy (non-hydrogen) atoms. The molecule has 1 unspecified atom stereocenters. The van der Waals surface area contributed by atoms with Gasteiger partial charge in [-0.05, 0) is 2.85 Å². The Balaban J connectivity index is 5.27. The number of sulfonamides is 1. The van der Waals surface area contributed by atoms with Gasteiger partial charge in [0, 0.05) is 34.5 Å². The van der Waals surface area contributed by atoms with Gasteiger partial charge in [0.2, 0.25) is 4.58 Å². The molecule has 1 atom stereocenters. The van der Waals surface area contributed by atoms with E-state index in [0.717, 1.165) is 0 Å². The third kappa shape index (κ3) is 3.31. The van der Waals surface area contributed by atoms with Gasteiger partial charge in [-0.3, -0.25) is 4.55 Å². The van der Waals surface area contributed by atoms with Gasteiger partial charge in [0.25, 0.3) is 20.1 Å². The quantitative estimate of drug-likeness (QED) is 0.520. The summed E-state index contributed by atoms with van der Waals surface area (Å²) in [7, 11) is -9.18. The fraction of sp³-hybridized carbons (Fsp3) is 1.00. The Morgan fingerprint density at radius 2 is 1.85 bits per heavy atom. The predicted octanol–water partition coefficient (Wildman–Crippen LogP) is -0.745. The van der Waals surface area contributed by atoms with Crippen LogP contribution in [0.2, 0.25) is 0 Å². The van der Waals surface area contributed by atoms with Crippen molar-refractivity contribution in [2.75, 3.05) is 6.54 Å². The van der Waals surface area contributed by atoms with Crippen molar-refractivity contribution in [1.29, 1.82) is 0 Å². The minimum absolute atomic E-state index is 0.0225. The molecular weight excluding hydrogens is 312 g/mol. The van der Waals surface area contributed by atoms with Crippen LogP contribution in [0.3, 0.4) is 0 Å². The van der Waals surface area contributed by atoms with E-state index >= 15 is 0 Å². The number of rotatable bonds is 4. The predicted molar refractivity (Wildman–Crippen MR) is 49.9 cm³/mol. The zero-order valence-electron chi connectivity index (χ0n) is 5.96. The molecule has 0 aromatic carbocycles. The number of hydrogen-bond acceptors (Lipinski definition) is 5. The topological polar surface area (TPSA) is 118 Å². The smallest absolute Gasteiger partial charge is 0.285 e. The second-order valence-corrected chi connectivity index (χ2v) is 7.88. The van der Waals surface area contributed by atoms with Crippen LogP contribution in [0.5, 0.6) is 0 Å². The molecule has 0 aliphatic rings. The Labute approximate surface area is 89.1 Å². The summed E-state index contributed by atoms with van der Waals surface area (Å²) in [5.74, 6) is 0. The number of nitrogens with two attached hydrogens (primary N) is 1. The van der Waals surface area contributed by atoms with Crippen molar-refractivity contribution >= 4 is 48.1 Å². The molecule has 0 radical (unpaired) electrons. The van der Waals surface area contributed by atoms with Gasteiger partial charge in [0.05, 0.1) is 0 Å². The standard InChI is InChI=1S/C2H6BrClN2O5S2/c3-6(4)12(7,8)2(1-5)13(9,10)11/h2H,1,5H2,(H,9,10,11). The van der Waals surface area contributed by atoms with Crippen LogP contribution in [0.1, 0.15) is 0 Å². The molecule has 7 nitrogen and oxygen atoms in total. The lowest BCUT2D eigenvalue weighted by Gasteiger charge is -2.13. The molecule has 80 valence electrons. The molecule has 0 aliphatic heterocycles. The molecule has 0 bridgehead atoms. The van der Waals surface area contributed by atoms with E-state index in [4.69, 9.17) is 22.1 Å². The van der Waals surface area contributed by atoms with Crippen molar-refractivity contribution in [3.05, 3.63) is 0 Å². The Bertz CT molecular complexity index is 362. The van der Waals surface area contributed by atoms with Crippen LogP contribution in [0.4, 0.5) is 0 Å². The Hall–Kier alpha value is 0.550. The molecule has 0 aliphatic carbocycles. The molecule has 0 rings (SSSR count). The first-order valence-corrected chi connectivity index (χ1v) is 6.71. The molecule has 0 aromatic rings. The number of nitrogens with zero attached hydrogens (tertiary/aromatic N) is 1. The van der Waals surface area contributed by atoms with Gasteiger partial charge >= 0.3 is 0 Å². The summed E-state index contributed by atoms with van der Waals surface area (Å²) in [5, 5.41) is 0. The highest BCUT2D eigenvalue weighted by Gasteiger charge is 2.39. The van der Waals surface area contributed by atoms with Crippen LogP contribution in [-0.4, -0.2) is 35.4 Å². The second-order valence-electron chi connectivity index (χ2n) is 1.90. The molecule has 0 aromatic heterocycles. The van der Waals surface area contributed by atoms with Crippen molar-refractivity contribution in [2.45, 2.75) is 4.58 Å². The Kier molecular flexibility index (Phi) is 4.57. The van der Waals surface area contributed by atoms with Gasteiger partial charge in [0.15, 0.2) is 0 Å². The van der Waals surface area contributed by atoms with E-state index in [1.54, 1.807) is 0 Å². The summed E-state index contributed by atoms with van der Waals surface area (Å²) in [6, 6.07) is 0. The SMILES string of the molecule is NCC(S(=O)(=O)O)S(=O)(=O)N(Cl)Br. The number of hydrogen-bond donors (Lipinski definition) is 2. The zero-order valence-corrected chi connectivity index (χ0v) is 9.94. The van der Waals surface area contributed by atoms with Crippen molar-refractivity contribution in [2.24, 2.45) is 5.73 Å². The maximum atomic E-state index is 11.0. The van der Waals surface area contributed by atoms with E-state index in [2.05, 4.69) is 16.1 Å². The second kappa shape index (κ2) is 4.38. The van der Waals surface area contributed by atoms with E-state index in [0.29, 0.717) is 0 Å². The van der Waals surface area contributed by atoms with Crippen LogP contribution in [0.15, 0.2) is 0 Å². The van der Waals surface area contributed by atoms with Crippen LogP contribution in [-0.2, 0) is 20.1 Å². The van der Waals surface area contributed by atoms with Gasteiger partial charge < -0.3 is 5.73 Å². The van der Waals surface area contributed by atoms with E-state index in [1.165, 1.54) is 0 Å². The molecule has 0 spiro atoms. The van der Waals surface area contributed by atoms with E-state index in [9.17, 15) is 16.8 Å². The highest BCUT2D eigenvalue weighted by molar-refractivity contribution is 9.09. The van der Waals surface area contributed by atoms with Crippen LogP contribution in [0, 0.1) is 0 Å². The fourth-order valence-electron chi connectivity index (χ4n) is 0.486. The lowest BCUT2D eigenvalue weighted by Crippen LogP contribution is -2.40. The maximum Gasteiger partial charge on any atom is 0.285 e. The van der Waals surface area contributed by atoms with Crippen LogP contribution in [0.25, 0.3) is 0 Å². The largest absolute Gasteiger partial charge is 0.328 e. The molecule has 0 saturated carbocycles. The summed E-state index contributed by atoms with van der Waals surface area (Å²) in [4.78, 5) is 0. The van der Waals surface area contributed by atoms with Crippen molar-refractivity contribution < 1.29 is 21.4 Å². The monoisotopic (exact) mass is 316 g/mol. The molecular formula is C2H6BrClN2O5S2. The highest BCUT2D eigenvalue weighted by Crippen LogP contribution is 2.18. The van der Waals surface area contributed by atoms with Crippen molar-refractivity contribution in [3.63, 3.8) is 0 Å². The van der Waals surface area contributed by atoms with E-state index in [1.807, 2.05) is 0 Å². The van der Waals surface area contributed by atoms with Gasteiger partial charge in [-0.15, -0.1) is 0 Å². The zero-order chi connectivity index (χ0) is 10.9. The van der Waals surface area contributed by atoms with Crippen LogP contribution >= 0.6 is 27.9 Å². The first-order chi connectivity index (χ1) is 5.64. The molecule has 3 N–H and O–H groups in total. The Morgan fingerprint density at radius 3 is 1.92 bits per heavy atom. The lowest BCUT2D eigenvalue weighted by molar-refractivity contribution is 0.475. The van der Waals surface area contributed by atoms with Gasteiger partial charge in [0.1, 0.15) is 0 Å². The van der Waals surface area contributed by atoms with Crippen LogP contribution < -0.4 is 5.73 Å².